The fourth-order valence-electron chi connectivity index (χ4n) is 3.63. The number of aromatic nitrogens is 2. The Kier molecular flexibility index (Phi) is 6.54. The molecule has 0 aliphatic carbocycles. The maximum atomic E-state index is 13.4. The molecule has 1 amide bonds. The van der Waals surface area contributed by atoms with Crippen molar-refractivity contribution in [2.45, 2.75) is 25.8 Å². The van der Waals surface area contributed by atoms with Gasteiger partial charge >= 0.3 is 0 Å². The van der Waals surface area contributed by atoms with Crippen LogP contribution in [0, 0.1) is 5.92 Å². The normalized spacial score (nSPS) is 17.8. The van der Waals surface area contributed by atoms with E-state index in [4.69, 9.17) is 10.8 Å². The number of carbonyl (C=O) groups is 1. The number of likely N-dealkylation sites (tertiary alicyclic amines) is 1. The van der Waals surface area contributed by atoms with Gasteiger partial charge in [0.2, 0.25) is 0 Å². The summed E-state index contributed by atoms with van der Waals surface area (Å²) in [5.41, 5.74) is 8.46. The molecule has 7 heteroatoms. The number of piperidine rings is 1. The van der Waals surface area contributed by atoms with Crippen LogP contribution >= 0.6 is 23.7 Å². The molecule has 0 saturated carbocycles. The standard InChI is InChI=1S/C21H24N4OS.ClH/c1-15(22)16-7-5-11-24(13-16)21(26)18-14-25(17-8-3-2-4-9-17)23-20(18)19-10-6-12-27-19;/h2-4,6,8-10,12,14-16H,5,7,11,13,22H2,1H3;1H. The van der Waals surface area contributed by atoms with Gasteiger partial charge in [-0.1, -0.05) is 24.3 Å². The van der Waals surface area contributed by atoms with E-state index in [0.29, 0.717) is 11.5 Å². The maximum Gasteiger partial charge on any atom is 0.257 e. The zero-order chi connectivity index (χ0) is 18.8. The highest BCUT2D eigenvalue weighted by Crippen LogP contribution is 2.30. The summed E-state index contributed by atoms with van der Waals surface area (Å²) in [5, 5.41) is 6.76. The van der Waals surface area contributed by atoms with Crippen molar-refractivity contribution in [1.29, 1.82) is 0 Å². The molecule has 1 aliphatic rings. The summed E-state index contributed by atoms with van der Waals surface area (Å²) >= 11 is 1.60. The SMILES string of the molecule is CC(N)C1CCCN(C(=O)c2cn(-c3ccccc3)nc2-c2cccs2)C1.Cl. The molecule has 1 aliphatic heterocycles. The Labute approximate surface area is 175 Å². The van der Waals surface area contributed by atoms with E-state index in [9.17, 15) is 4.79 Å². The van der Waals surface area contributed by atoms with Crippen LogP contribution in [-0.4, -0.2) is 39.7 Å². The Hall–Kier alpha value is -2.15. The Morgan fingerprint density at radius 3 is 2.71 bits per heavy atom. The third-order valence-corrected chi connectivity index (χ3v) is 6.09. The second-order valence-corrected chi connectivity index (χ2v) is 8.11. The van der Waals surface area contributed by atoms with E-state index in [1.54, 1.807) is 16.0 Å². The third-order valence-electron chi connectivity index (χ3n) is 5.21. The molecule has 0 spiro atoms. The van der Waals surface area contributed by atoms with E-state index in [1.807, 2.05) is 65.9 Å². The van der Waals surface area contributed by atoms with Crippen LogP contribution in [-0.2, 0) is 0 Å². The summed E-state index contributed by atoms with van der Waals surface area (Å²) in [6, 6.07) is 14.0. The number of hydrogen-bond donors (Lipinski definition) is 1. The van der Waals surface area contributed by atoms with Crippen LogP contribution in [0.5, 0.6) is 0 Å². The van der Waals surface area contributed by atoms with E-state index in [1.165, 1.54) is 0 Å². The fraction of sp³-hybridized carbons (Fsp3) is 0.333. The molecular weight excluding hydrogens is 392 g/mol. The van der Waals surface area contributed by atoms with Crippen molar-refractivity contribution < 1.29 is 4.79 Å². The molecule has 0 bridgehead atoms. The predicted octanol–water partition coefficient (Wildman–Crippen LogP) is 4.22. The molecule has 2 atom stereocenters. The number of carbonyl (C=O) groups excluding carboxylic acids is 1. The summed E-state index contributed by atoms with van der Waals surface area (Å²) in [6.07, 6.45) is 3.95. The van der Waals surface area contributed by atoms with Crippen LogP contribution in [0.4, 0.5) is 0 Å². The fourth-order valence-corrected chi connectivity index (χ4v) is 4.36. The molecule has 2 aromatic heterocycles. The number of amides is 1. The average Bonchev–Trinajstić information content (AvgIpc) is 3.38. The van der Waals surface area contributed by atoms with Crippen molar-refractivity contribution in [3.8, 4) is 16.3 Å². The summed E-state index contributed by atoms with van der Waals surface area (Å²) in [5.74, 6) is 0.406. The molecule has 1 fully saturated rings. The maximum absolute atomic E-state index is 13.4. The monoisotopic (exact) mass is 416 g/mol. The van der Waals surface area contributed by atoms with Gasteiger partial charge in [0.1, 0.15) is 5.69 Å². The smallest absolute Gasteiger partial charge is 0.257 e. The van der Waals surface area contributed by atoms with Gasteiger partial charge < -0.3 is 10.6 Å². The van der Waals surface area contributed by atoms with Crippen molar-refractivity contribution in [3.63, 3.8) is 0 Å². The van der Waals surface area contributed by atoms with Gasteiger partial charge in [0.25, 0.3) is 5.91 Å². The number of nitrogens with two attached hydrogens (primary N) is 1. The lowest BCUT2D eigenvalue weighted by atomic mass is 9.92. The van der Waals surface area contributed by atoms with Crippen molar-refractivity contribution in [1.82, 2.24) is 14.7 Å². The van der Waals surface area contributed by atoms with Crippen molar-refractivity contribution in [3.05, 3.63) is 59.6 Å². The van der Waals surface area contributed by atoms with E-state index < -0.39 is 0 Å². The highest BCUT2D eigenvalue weighted by molar-refractivity contribution is 7.13. The van der Waals surface area contributed by atoms with Gasteiger partial charge in [-0.15, -0.1) is 23.7 Å². The van der Waals surface area contributed by atoms with Gasteiger partial charge in [-0.25, -0.2) is 4.68 Å². The number of hydrogen-bond acceptors (Lipinski definition) is 4. The second-order valence-electron chi connectivity index (χ2n) is 7.16. The van der Waals surface area contributed by atoms with Crippen LogP contribution in [0.2, 0.25) is 0 Å². The van der Waals surface area contributed by atoms with E-state index in [-0.39, 0.29) is 24.4 Å². The van der Waals surface area contributed by atoms with Gasteiger partial charge in [0.15, 0.2) is 0 Å². The Morgan fingerprint density at radius 1 is 1.25 bits per heavy atom. The topological polar surface area (TPSA) is 64.2 Å². The van der Waals surface area contributed by atoms with Crippen molar-refractivity contribution >= 4 is 29.7 Å². The van der Waals surface area contributed by atoms with Gasteiger partial charge in [0.05, 0.1) is 16.1 Å². The van der Waals surface area contributed by atoms with Gasteiger partial charge in [0, 0.05) is 25.3 Å². The van der Waals surface area contributed by atoms with Crippen molar-refractivity contribution in [2.24, 2.45) is 11.7 Å². The summed E-state index contributed by atoms with van der Waals surface area (Å²) in [6.45, 7) is 3.53. The van der Waals surface area contributed by atoms with Gasteiger partial charge in [-0.05, 0) is 49.3 Å². The first-order valence-corrected chi connectivity index (χ1v) is 10.3. The molecule has 2 N–H and O–H groups in total. The lowest BCUT2D eigenvalue weighted by Crippen LogP contribution is -2.45. The molecule has 1 aromatic carbocycles. The number of benzene rings is 1. The predicted molar refractivity (Wildman–Crippen MR) is 116 cm³/mol. The zero-order valence-electron chi connectivity index (χ0n) is 15.8. The summed E-state index contributed by atoms with van der Waals surface area (Å²) in [7, 11) is 0. The number of halogens is 1. The van der Waals surface area contributed by atoms with Crippen LogP contribution in [0.1, 0.15) is 30.1 Å². The molecule has 148 valence electrons. The highest BCUT2D eigenvalue weighted by atomic mass is 35.5. The molecule has 1 saturated heterocycles. The van der Waals surface area contributed by atoms with Crippen LogP contribution in [0.3, 0.4) is 0 Å². The van der Waals surface area contributed by atoms with Crippen LogP contribution < -0.4 is 5.73 Å². The Bertz CT molecular complexity index is 908. The lowest BCUT2D eigenvalue weighted by molar-refractivity contribution is 0.0661. The molecule has 28 heavy (non-hydrogen) atoms. The van der Waals surface area contributed by atoms with Crippen LogP contribution in [0.25, 0.3) is 16.3 Å². The molecule has 3 heterocycles. The second kappa shape index (κ2) is 8.90. The first-order chi connectivity index (χ1) is 13.1. The summed E-state index contributed by atoms with van der Waals surface area (Å²) < 4.78 is 1.80. The number of nitrogens with zero attached hydrogens (tertiary/aromatic N) is 3. The molecule has 3 aromatic rings. The lowest BCUT2D eigenvalue weighted by Gasteiger charge is -2.34. The molecule has 0 radical (unpaired) electrons. The Morgan fingerprint density at radius 2 is 2.04 bits per heavy atom. The van der Waals surface area contributed by atoms with E-state index in [0.717, 1.165) is 42.2 Å². The first-order valence-electron chi connectivity index (χ1n) is 9.37. The third kappa shape index (κ3) is 4.14. The van der Waals surface area contributed by atoms with Gasteiger partial charge in [-0.2, -0.15) is 5.10 Å². The highest BCUT2D eigenvalue weighted by Gasteiger charge is 2.29. The van der Waals surface area contributed by atoms with Gasteiger partial charge in [-0.3, -0.25) is 4.79 Å². The minimum absolute atomic E-state index is 0. The number of thiophene rings is 1. The van der Waals surface area contributed by atoms with E-state index in [2.05, 4.69) is 0 Å². The minimum atomic E-state index is 0. The molecule has 4 rings (SSSR count). The average molecular weight is 417 g/mol. The molecule has 2 unspecified atom stereocenters. The minimum Gasteiger partial charge on any atom is -0.338 e. The number of para-hydroxylation sites is 1. The first kappa shape index (κ1) is 20.6. The van der Waals surface area contributed by atoms with Crippen LogP contribution in [0.15, 0.2) is 54.0 Å². The quantitative estimate of drug-likeness (QED) is 0.692. The summed E-state index contributed by atoms with van der Waals surface area (Å²) in [4.78, 5) is 16.3. The van der Waals surface area contributed by atoms with E-state index >= 15 is 0 Å². The largest absolute Gasteiger partial charge is 0.338 e. The zero-order valence-corrected chi connectivity index (χ0v) is 17.5. The number of rotatable bonds is 4. The molecule has 5 nitrogen and oxygen atoms in total. The van der Waals surface area contributed by atoms with Crippen molar-refractivity contribution in [2.75, 3.05) is 13.1 Å². The Balaban J connectivity index is 0.00000225. The molecular formula is C21H25ClN4OS.